The molecule has 0 aliphatic rings. The predicted molar refractivity (Wildman–Crippen MR) is 81.8 cm³/mol. The first-order chi connectivity index (χ1) is 9.88. The molecule has 0 fully saturated rings. The summed E-state index contributed by atoms with van der Waals surface area (Å²) in [7, 11) is 3.55. The van der Waals surface area contributed by atoms with Crippen molar-refractivity contribution in [3.05, 3.63) is 26.8 Å². The van der Waals surface area contributed by atoms with E-state index in [9.17, 15) is 9.59 Å². The summed E-state index contributed by atoms with van der Waals surface area (Å²) in [6.45, 7) is -0.476. The molecule has 0 unspecified atom stereocenters. The Balaban J connectivity index is 2.44. The van der Waals surface area contributed by atoms with Gasteiger partial charge in [-0.15, -0.1) is 16.4 Å². The predicted octanol–water partition coefficient (Wildman–Crippen LogP) is 1.51. The lowest BCUT2D eigenvalue weighted by Gasteiger charge is -2.15. The molecule has 0 spiro atoms. The third kappa shape index (κ3) is 2.16. The number of aliphatic carboxylic acids is 1. The molecule has 3 heterocycles. The fraction of sp³-hybridized carbons (Fsp3) is 0.250. The number of fused-ring (bicyclic) bond motifs is 3. The standard InChI is InChI=1S/C12H11ClN4O3S/c1-15(2)12-14-16(5-10(18)19)11(20)7-3-8-6(17(7)12)4-9(13)21-8/h3-4H,5H2,1-2H3,(H,18,19). The van der Waals surface area contributed by atoms with Gasteiger partial charge in [0.1, 0.15) is 12.1 Å². The Hall–Kier alpha value is -2.06. The van der Waals surface area contributed by atoms with Crippen LogP contribution in [0.1, 0.15) is 0 Å². The molecule has 0 saturated carbocycles. The first-order valence-electron chi connectivity index (χ1n) is 5.99. The summed E-state index contributed by atoms with van der Waals surface area (Å²) in [6.07, 6.45) is 0. The van der Waals surface area contributed by atoms with E-state index in [4.69, 9.17) is 16.7 Å². The van der Waals surface area contributed by atoms with Crippen LogP contribution in [-0.2, 0) is 11.3 Å². The zero-order valence-electron chi connectivity index (χ0n) is 11.2. The minimum absolute atomic E-state index is 0.382. The monoisotopic (exact) mass is 326 g/mol. The van der Waals surface area contributed by atoms with E-state index in [-0.39, 0.29) is 0 Å². The summed E-state index contributed by atoms with van der Waals surface area (Å²) in [5, 5.41) is 13.0. The fourth-order valence-corrected chi connectivity index (χ4v) is 3.35. The fourth-order valence-electron chi connectivity index (χ4n) is 2.19. The Morgan fingerprint density at radius 3 is 2.76 bits per heavy atom. The molecule has 0 aliphatic carbocycles. The molecule has 0 amide bonds. The summed E-state index contributed by atoms with van der Waals surface area (Å²) in [5.74, 6) is -0.648. The molecule has 3 rings (SSSR count). The molecule has 9 heteroatoms. The van der Waals surface area contributed by atoms with E-state index in [0.29, 0.717) is 15.8 Å². The highest BCUT2D eigenvalue weighted by Gasteiger charge is 2.18. The molecule has 3 aromatic rings. The second kappa shape index (κ2) is 4.74. The molecule has 3 aromatic heterocycles. The van der Waals surface area contributed by atoms with Crippen molar-refractivity contribution in [2.75, 3.05) is 19.0 Å². The summed E-state index contributed by atoms with van der Waals surface area (Å²) < 4.78 is 4.13. The van der Waals surface area contributed by atoms with Crippen LogP contribution < -0.4 is 10.5 Å². The minimum Gasteiger partial charge on any atom is -0.480 e. The third-order valence-corrected chi connectivity index (χ3v) is 4.21. The Labute approximate surface area is 127 Å². The number of rotatable bonds is 3. The Morgan fingerprint density at radius 1 is 1.43 bits per heavy atom. The van der Waals surface area contributed by atoms with Gasteiger partial charge >= 0.3 is 5.97 Å². The Kier molecular flexibility index (Phi) is 3.14. The number of hydrogen-bond acceptors (Lipinski definition) is 5. The van der Waals surface area contributed by atoms with Crippen LogP contribution in [0.15, 0.2) is 16.9 Å². The first-order valence-corrected chi connectivity index (χ1v) is 7.18. The van der Waals surface area contributed by atoms with Gasteiger partial charge < -0.3 is 10.0 Å². The van der Waals surface area contributed by atoms with Crippen LogP contribution in [0.2, 0.25) is 4.34 Å². The van der Waals surface area contributed by atoms with Crippen LogP contribution >= 0.6 is 22.9 Å². The van der Waals surface area contributed by atoms with Crippen LogP contribution in [0.3, 0.4) is 0 Å². The average molecular weight is 327 g/mol. The molecule has 110 valence electrons. The molecular weight excluding hydrogens is 316 g/mol. The molecule has 0 aromatic carbocycles. The Morgan fingerprint density at radius 2 is 2.14 bits per heavy atom. The van der Waals surface area contributed by atoms with Crippen molar-refractivity contribution < 1.29 is 9.90 Å². The highest BCUT2D eigenvalue weighted by molar-refractivity contribution is 7.22. The second-order valence-corrected chi connectivity index (χ2v) is 6.43. The average Bonchev–Trinajstić information content (AvgIpc) is 2.88. The Bertz CT molecular complexity index is 924. The number of hydrogen-bond donors (Lipinski definition) is 1. The number of carboxylic acids is 1. The van der Waals surface area contributed by atoms with Gasteiger partial charge in [-0.25, -0.2) is 4.68 Å². The molecule has 0 atom stereocenters. The largest absolute Gasteiger partial charge is 0.480 e. The lowest BCUT2D eigenvalue weighted by Crippen LogP contribution is -2.31. The van der Waals surface area contributed by atoms with Crippen molar-refractivity contribution in [1.29, 1.82) is 0 Å². The van der Waals surface area contributed by atoms with Gasteiger partial charge in [0.05, 0.1) is 14.6 Å². The topological polar surface area (TPSA) is 79.8 Å². The summed E-state index contributed by atoms with van der Waals surface area (Å²) >= 11 is 7.37. The SMILES string of the molecule is CN(C)c1nn(CC(=O)O)c(=O)c2cc3sc(Cl)cc3n12. The van der Waals surface area contributed by atoms with E-state index in [1.54, 1.807) is 35.5 Å². The van der Waals surface area contributed by atoms with Gasteiger partial charge in [-0.2, -0.15) is 0 Å². The molecule has 1 N–H and O–H groups in total. The molecule has 0 aliphatic heterocycles. The zero-order valence-corrected chi connectivity index (χ0v) is 12.8. The lowest BCUT2D eigenvalue weighted by atomic mass is 10.5. The van der Waals surface area contributed by atoms with Crippen molar-refractivity contribution in [2.45, 2.75) is 6.54 Å². The van der Waals surface area contributed by atoms with Crippen LogP contribution in [0.5, 0.6) is 0 Å². The normalized spacial score (nSPS) is 11.4. The van der Waals surface area contributed by atoms with Gasteiger partial charge in [-0.05, 0) is 12.1 Å². The molecule has 7 nitrogen and oxygen atoms in total. The smallest absolute Gasteiger partial charge is 0.325 e. The van der Waals surface area contributed by atoms with E-state index in [2.05, 4.69) is 5.10 Å². The van der Waals surface area contributed by atoms with E-state index < -0.39 is 18.1 Å². The van der Waals surface area contributed by atoms with E-state index in [1.807, 2.05) is 0 Å². The van der Waals surface area contributed by atoms with Crippen LogP contribution in [0, 0.1) is 0 Å². The number of carbonyl (C=O) groups is 1. The highest BCUT2D eigenvalue weighted by Crippen LogP contribution is 2.32. The van der Waals surface area contributed by atoms with Gasteiger partial charge in [0.15, 0.2) is 0 Å². The second-order valence-electron chi connectivity index (χ2n) is 4.72. The summed E-state index contributed by atoms with van der Waals surface area (Å²) in [6, 6.07) is 3.48. The van der Waals surface area contributed by atoms with Gasteiger partial charge in [-0.1, -0.05) is 11.6 Å². The van der Waals surface area contributed by atoms with Crippen LogP contribution in [-0.4, -0.2) is 39.4 Å². The zero-order chi connectivity index (χ0) is 15.3. The third-order valence-electron chi connectivity index (χ3n) is 3.01. The molecule has 21 heavy (non-hydrogen) atoms. The molecule has 0 bridgehead atoms. The number of aromatic nitrogens is 3. The summed E-state index contributed by atoms with van der Waals surface area (Å²) in [4.78, 5) is 24.9. The van der Waals surface area contributed by atoms with Crippen LogP contribution in [0.25, 0.3) is 15.7 Å². The van der Waals surface area contributed by atoms with Gasteiger partial charge in [-0.3, -0.25) is 14.0 Å². The summed E-state index contributed by atoms with van der Waals surface area (Å²) in [5.41, 5.74) is 0.728. The van der Waals surface area contributed by atoms with E-state index in [1.165, 1.54) is 11.3 Å². The highest BCUT2D eigenvalue weighted by atomic mass is 35.5. The number of thiophene rings is 1. The maximum Gasteiger partial charge on any atom is 0.325 e. The number of halogens is 1. The molecular formula is C12H11ClN4O3S. The lowest BCUT2D eigenvalue weighted by molar-refractivity contribution is -0.137. The van der Waals surface area contributed by atoms with Crippen molar-refractivity contribution in [1.82, 2.24) is 14.2 Å². The maximum atomic E-state index is 12.4. The van der Waals surface area contributed by atoms with Gasteiger partial charge in [0, 0.05) is 14.1 Å². The molecule has 0 saturated heterocycles. The quantitative estimate of drug-likeness (QED) is 0.789. The van der Waals surface area contributed by atoms with Crippen molar-refractivity contribution in [3.63, 3.8) is 0 Å². The van der Waals surface area contributed by atoms with Crippen molar-refractivity contribution in [3.8, 4) is 0 Å². The van der Waals surface area contributed by atoms with E-state index in [0.717, 1.165) is 14.9 Å². The first kappa shape index (κ1) is 13.9. The number of nitrogens with zero attached hydrogens (tertiary/aromatic N) is 4. The van der Waals surface area contributed by atoms with Crippen molar-refractivity contribution >= 4 is 50.6 Å². The maximum absolute atomic E-state index is 12.4. The van der Waals surface area contributed by atoms with Gasteiger partial charge in [0.25, 0.3) is 5.56 Å². The number of carboxylic acid groups (broad SMARTS) is 1. The van der Waals surface area contributed by atoms with Gasteiger partial charge in [0.2, 0.25) is 5.95 Å². The van der Waals surface area contributed by atoms with Crippen molar-refractivity contribution in [2.24, 2.45) is 0 Å². The minimum atomic E-state index is -1.12. The van der Waals surface area contributed by atoms with Crippen LogP contribution in [0.4, 0.5) is 5.95 Å². The molecule has 0 radical (unpaired) electrons. The van der Waals surface area contributed by atoms with E-state index >= 15 is 0 Å². The number of anilines is 1.